The van der Waals surface area contributed by atoms with E-state index in [2.05, 4.69) is 22.3 Å². The van der Waals surface area contributed by atoms with E-state index in [4.69, 9.17) is 5.11 Å². The van der Waals surface area contributed by atoms with Gasteiger partial charge >= 0.3 is 12.0 Å². The third-order valence-corrected chi connectivity index (χ3v) is 2.39. The first-order valence-corrected chi connectivity index (χ1v) is 5.89. The lowest BCUT2D eigenvalue weighted by atomic mass is 10.2. The van der Waals surface area contributed by atoms with Gasteiger partial charge in [-0.15, -0.1) is 6.58 Å². The number of rotatable bonds is 6. The van der Waals surface area contributed by atoms with Crippen LogP contribution in [0.3, 0.4) is 0 Å². The molecule has 7 heteroatoms. The fourth-order valence-corrected chi connectivity index (χ4v) is 1.40. The van der Waals surface area contributed by atoms with Crippen molar-refractivity contribution >= 4 is 17.7 Å². The molecule has 2 amide bonds. The van der Waals surface area contributed by atoms with E-state index in [1.54, 1.807) is 10.9 Å². The van der Waals surface area contributed by atoms with Crippen molar-refractivity contribution in [2.75, 3.05) is 5.32 Å². The van der Waals surface area contributed by atoms with Crippen molar-refractivity contribution in [2.24, 2.45) is 0 Å². The predicted molar refractivity (Wildman–Crippen MR) is 71.0 cm³/mol. The summed E-state index contributed by atoms with van der Waals surface area (Å²) in [6, 6.07) is -1.39. The topological polar surface area (TPSA) is 96.3 Å². The molecule has 0 bridgehead atoms. The third kappa shape index (κ3) is 4.46. The first kappa shape index (κ1) is 14.7. The van der Waals surface area contributed by atoms with E-state index in [0.29, 0.717) is 5.69 Å². The number of aliphatic carboxylic acids is 1. The van der Waals surface area contributed by atoms with Crippen LogP contribution in [-0.4, -0.2) is 32.9 Å². The number of aromatic nitrogens is 2. The summed E-state index contributed by atoms with van der Waals surface area (Å²) in [5.74, 6) is -1.10. The van der Waals surface area contributed by atoms with E-state index >= 15 is 0 Å². The summed E-state index contributed by atoms with van der Waals surface area (Å²) in [4.78, 5) is 22.5. The normalized spacial score (nSPS) is 11.9. The van der Waals surface area contributed by atoms with E-state index in [-0.39, 0.29) is 12.5 Å². The summed E-state index contributed by atoms with van der Waals surface area (Å²) < 4.78 is 1.69. The molecule has 1 rings (SSSR count). The van der Waals surface area contributed by atoms with Gasteiger partial charge in [0.05, 0.1) is 11.9 Å². The van der Waals surface area contributed by atoms with Crippen LogP contribution in [0.4, 0.5) is 10.5 Å². The molecule has 104 valence electrons. The molecule has 0 aliphatic heterocycles. The average molecular weight is 266 g/mol. The zero-order valence-corrected chi connectivity index (χ0v) is 11.0. The smallest absolute Gasteiger partial charge is 0.326 e. The number of nitrogens with one attached hydrogen (secondary N) is 2. The summed E-state index contributed by atoms with van der Waals surface area (Å²) in [5.41, 5.74) is 0.508. The van der Waals surface area contributed by atoms with Crippen molar-refractivity contribution in [2.45, 2.75) is 32.4 Å². The molecule has 7 nitrogen and oxygen atoms in total. The van der Waals surface area contributed by atoms with E-state index in [1.165, 1.54) is 12.3 Å². The zero-order chi connectivity index (χ0) is 14.4. The summed E-state index contributed by atoms with van der Waals surface area (Å²) in [7, 11) is 0. The van der Waals surface area contributed by atoms with Crippen molar-refractivity contribution in [3.63, 3.8) is 0 Å². The van der Waals surface area contributed by atoms with Crippen molar-refractivity contribution in [3.8, 4) is 0 Å². The Morgan fingerprint density at radius 2 is 2.26 bits per heavy atom. The highest BCUT2D eigenvalue weighted by Crippen LogP contribution is 2.09. The number of amides is 2. The van der Waals surface area contributed by atoms with Gasteiger partial charge < -0.3 is 15.7 Å². The van der Waals surface area contributed by atoms with Gasteiger partial charge in [-0.25, -0.2) is 9.59 Å². The molecule has 0 fully saturated rings. The number of carbonyl (C=O) groups excluding carboxylic acids is 1. The Morgan fingerprint density at radius 3 is 2.74 bits per heavy atom. The second kappa shape index (κ2) is 6.58. The van der Waals surface area contributed by atoms with Gasteiger partial charge in [0.15, 0.2) is 0 Å². The quantitative estimate of drug-likeness (QED) is 0.681. The Kier molecular flexibility index (Phi) is 5.11. The maximum absolute atomic E-state index is 11.6. The number of hydrogen-bond acceptors (Lipinski definition) is 3. The number of carboxylic acid groups (broad SMARTS) is 1. The Balaban J connectivity index is 2.58. The van der Waals surface area contributed by atoms with Crippen molar-refractivity contribution in [3.05, 3.63) is 25.0 Å². The highest BCUT2D eigenvalue weighted by molar-refractivity contribution is 5.92. The number of anilines is 1. The van der Waals surface area contributed by atoms with Gasteiger partial charge in [0.1, 0.15) is 6.04 Å². The molecule has 0 saturated heterocycles. The van der Waals surface area contributed by atoms with Crippen LogP contribution in [0.5, 0.6) is 0 Å². The summed E-state index contributed by atoms with van der Waals surface area (Å²) in [6.45, 7) is 7.37. The largest absolute Gasteiger partial charge is 0.480 e. The molecule has 1 unspecified atom stereocenters. The van der Waals surface area contributed by atoms with Crippen LogP contribution in [0.25, 0.3) is 0 Å². The van der Waals surface area contributed by atoms with Crippen molar-refractivity contribution < 1.29 is 14.7 Å². The molecule has 0 saturated carbocycles. The molecule has 0 spiro atoms. The minimum absolute atomic E-state index is 0.161. The number of hydrogen-bond donors (Lipinski definition) is 3. The van der Waals surface area contributed by atoms with E-state index in [0.717, 1.165) is 0 Å². The van der Waals surface area contributed by atoms with Gasteiger partial charge in [-0.05, 0) is 20.3 Å². The lowest BCUT2D eigenvalue weighted by Gasteiger charge is -2.12. The molecule has 0 aliphatic carbocycles. The van der Waals surface area contributed by atoms with E-state index in [9.17, 15) is 9.59 Å². The van der Waals surface area contributed by atoms with E-state index in [1.807, 2.05) is 13.8 Å². The minimum Gasteiger partial charge on any atom is -0.480 e. The zero-order valence-electron chi connectivity index (χ0n) is 11.0. The standard InChI is InChI=1S/C12H18N4O3/c1-4-5-10(11(17)18)15-12(19)14-9-6-13-16(7-9)8(2)3/h4,6-8,10H,1,5H2,2-3H3,(H,17,18)(H2,14,15,19). The second-order valence-corrected chi connectivity index (χ2v) is 4.32. The van der Waals surface area contributed by atoms with Gasteiger partial charge in [-0.3, -0.25) is 4.68 Å². The fourth-order valence-electron chi connectivity index (χ4n) is 1.40. The molecule has 19 heavy (non-hydrogen) atoms. The Labute approximate surface area is 111 Å². The number of urea groups is 1. The number of nitrogens with zero attached hydrogens (tertiary/aromatic N) is 2. The fraction of sp³-hybridized carbons (Fsp3) is 0.417. The maximum Gasteiger partial charge on any atom is 0.326 e. The van der Waals surface area contributed by atoms with Gasteiger partial charge in [0.2, 0.25) is 0 Å². The Morgan fingerprint density at radius 1 is 1.58 bits per heavy atom. The summed E-state index contributed by atoms with van der Waals surface area (Å²) >= 11 is 0. The third-order valence-electron chi connectivity index (χ3n) is 2.39. The van der Waals surface area contributed by atoms with Gasteiger partial charge in [0.25, 0.3) is 0 Å². The second-order valence-electron chi connectivity index (χ2n) is 4.32. The average Bonchev–Trinajstić information content (AvgIpc) is 2.76. The van der Waals surface area contributed by atoms with Crippen LogP contribution in [0.2, 0.25) is 0 Å². The molecule has 0 aromatic carbocycles. The highest BCUT2D eigenvalue weighted by Gasteiger charge is 2.18. The minimum atomic E-state index is -1.10. The van der Waals surface area contributed by atoms with Crippen LogP contribution in [0.1, 0.15) is 26.3 Å². The Hall–Kier alpha value is -2.31. The van der Waals surface area contributed by atoms with Gasteiger partial charge in [-0.1, -0.05) is 6.08 Å². The lowest BCUT2D eigenvalue weighted by molar-refractivity contribution is -0.139. The molecule has 1 aromatic rings. The number of carboxylic acids is 1. The maximum atomic E-state index is 11.6. The monoisotopic (exact) mass is 266 g/mol. The van der Waals surface area contributed by atoms with Crippen LogP contribution in [-0.2, 0) is 4.79 Å². The summed E-state index contributed by atoms with van der Waals surface area (Å²) in [5, 5.41) is 17.8. The predicted octanol–water partition coefficient (Wildman–Crippen LogP) is 1.61. The first-order valence-electron chi connectivity index (χ1n) is 5.89. The van der Waals surface area contributed by atoms with Crippen LogP contribution in [0.15, 0.2) is 25.0 Å². The van der Waals surface area contributed by atoms with Crippen LogP contribution >= 0.6 is 0 Å². The van der Waals surface area contributed by atoms with Crippen LogP contribution < -0.4 is 10.6 Å². The molecule has 1 atom stereocenters. The van der Waals surface area contributed by atoms with Crippen molar-refractivity contribution in [1.29, 1.82) is 0 Å². The first-order chi connectivity index (χ1) is 8.93. The molecule has 0 aliphatic rings. The SMILES string of the molecule is C=CCC(NC(=O)Nc1cnn(C(C)C)c1)C(=O)O. The van der Waals surface area contributed by atoms with Gasteiger partial charge in [0, 0.05) is 12.2 Å². The molecule has 0 radical (unpaired) electrons. The number of carbonyl (C=O) groups is 2. The molecule has 1 heterocycles. The van der Waals surface area contributed by atoms with Crippen LogP contribution in [0, 0.1) is 0 Å². The molecule has 3 N–H and O–H groups in total. The Bertz CT molecular complexity index is 467. The van der Waals surface area contributed by atoms with Crippen molar-refractivity contribution in [1.82, 2.24) is 15.1 Å². The molecular formula is C12H18N4O3. The van der Waals surface area contributed by atoms with Gasteiger partial charge in [-0.2, -0.15) is 5.10 Å². The summed E-state index contributed by atoms with van der Waals surface area (Å²) in [6.07, 6.45) is 4.78. The highest BCUT2D eigenvalue weighted by atomic mass is 16.4. The molecule has 1 aromatic heterocycles. The molecular weight excluding hydrogens is 248 g/mol. The lowest BCUT2D eigenvalue weighted by Crippen LogP contribution is -2.42. The van der Waals surface area contributed by atoms with E-state index < -0.39 is 18.0 Å².